The zero-order valence-corrected chi connectivity index (χ0v) is 15.7. The number of fused-ring (bicyclic) bond motifs is 5. The SMILES string of the molecule is CC(=O)OC(OC(C)=O)[C@]12C=C[C@@H](O1)[C@H]1C(=O)N(c3ccccc3Cl)C(=O)[C@@H]12. The van der Waals surface area contributed by atoms with Gasteiger partial charge in [-0.2, -0.15) is 0 Å². The van der Waals surface area contributed by atoms with Gasteiger partial charge >= 0.3 is 11.9 Å². The Hall–Kier alpha value is -2.71. The molecule has 2 saturated heterocycles. The number of nitrogens with zero attached hydrogens (tertiary/aromatic N) is 1. The highest BCUT2D eigenvalue weighted by atomic mass is 35.5. The van der Waals surface area contributed by atoms with E-state index in [-0.39, 0.29) is 10.7 Å². The first-order chi connectivity index (χ1) is 13.3. The molecular weight excluding hydrogens is 390 g/mol. The minimum atomic E-state index is -1.57. The van der Waals surface area contributed by atoms with Crippen LogP contribution in [0.4, 0.5) is 5.69 Å². The highest BCUT2D eigenvalue weighted by Gasteiger charge is 2.72. The van der Waals surface area contributed by atoms with Gasteiger partial charge in [-0.1, -0.05) is 29.8 Å². The van der Waals surface area contributed by atoms with E-state index in [0.29, 0.717) is 0 Å². The van der Waals surface area contributed by atoms with Crippen LogP contribution in [0.25, 0.3) is 0 Å². The number of benzene rings is 1. The monoisotopic (exact) mass is 405 g/mol. The van der Waals surface area contributed by atoms with Gasteiger partial charge in [0, 0.05) is 13.8 Å². The molecular formula is C19H16ClNO7. The Bertz CT molecular complexity index is 913. The first kappa shape index (κ1) is 18.6. The van der Waals surface area contributed by atoms with Gasteiger partial charge in [0.1, 0.15) is 0 Å². The van der Waals surface area contributed by atoms with Crippen molar-refractivity contribution in [2.45, 2.75) is 31.8 Å². The third-order valence-corrected chi connectivity index (χ3v) is 5.41. The smallest absolute Gasteiger partial charge is 0.305 e. The lowest BCUT2D eigenvalue weighted by Crippen LogP contribution is -2.52. The van der Waals surface area contributed by atoms with Crippen LogP contribution in [-0.4, -0.2) is 41.7 Å². The summed E-state index contributed by atoms with van der Waals surface area (Å²) in [6.07, 6.45) is 0.934. The lowest BCUT2D eigenvalue weighted by atomic mass is 9.76. The molecule has 0 aromatic heterocycles. The second kappa shape index (κ2) is 6.42. The number of carbonyl (C=O) groups excluding carboxylic acids is 4. The van der Waals surface area contributed by atoms with E-state index < -0.39 is 53.6 Å². The third kappa shape index (κ3) is 2.56. The standard InChI is InChI=1S/C19H16ClNO7/c1-9(22)26-18(27-10(2)23)19-8-7-13(28-19)14-15(19)17(25)21(16(14)24)12-6-4-3-5-11(12)20/h3-8,13-15,18H,1-2H3/t13-,14-,15-,19-/m1/s1. The van der Waals surface area contributed by atoms with E-state index in [2.05, 4.69) is 0 Å². The van der Waals surface area contributed by atoms with Gasteiger partial charge in [0.05, 0.1) is 28.6 Å². The first-order valence-electron chi connectivity index (χ1n) is 8.60. The fourth-order valence-corrected chi connectivity index (χ4v) is 4.31. The van der Waals surface area contributed by atoms with E-state index in [1.54, 1.807) is 30.3 Å². The topological polar surface area (TPSA) is 99.2 Å². The summed E-state index contributed by atoms with van der Waals surface area (Å²) < 4.78 is 16.2. The molecule has 0 unspecified atom stereocenters. The Labute approximate surface area is 165 Å². The van der Waals surface area contributed by atoms with Gasteiger partial charge in [-0.3, -0.25) is 19.2 Å². The Balaban J connectivity index is 1.77. The minimum Gasteiger partial charge on any atom is -0.422 e. The number of hydrogen-bond donors (Lipinski definition) is 0. The Kier molecular flexibility index (Phi) is 4.28. The Morgan fingerprint density at radius 3 is 2.39 bits per heavy atom. The van der Waals surface area contributed by atoms with Gasteiger partial charge in [0.15, 0.2) is 5.60 Å². The number of amides is 2. The van der Waals surface area contributed by atoms with Gasteiger partial charge in [-0.25, -0.2) is 4.90 Å². The van der Waals surface area contributed by atoms with Crippen LogP contribution in [0.1, 0.15) is 13.8 Å². The molecule has 2 amide bonds. The summed E-state index contributed by atoms with van der Waals surface area (Å²) in [6.45, 7) is 2.29. The molecule has 1 aromatic rings. The van der Waals surface area contributed by atoms with Crippen LogP contribution >= 0.6 is 11.6 Å². The fraction of sp³-hybridized carbons (Fsp3) is 0.368. The van der Waals surface area contributed by atoms with Crippen LogP contribution in [0.3, 0.4) is 0 Å². The third-order valence-electron chi connectivity index (χ3n) is 5.09. The first-order valence-corrected chi connectivity index (χ1v) is 8.98. The average Bonchev–Trinajstić information content (AvgIpc) is 3.26. The number of carbonyl (C=O) groups is 4. The molecule has 8 nitrogen and oxygen atoms in total. The number of ether oxygens (including phenoxy) is 3. The van der Waals surface area contributed by atoms with Crippen LogP contribution in [0.5, 0.6) is 0 Å². The van der Waals surface area contributed by atoms with E-state index >= 15 is 0 Å². The van der Waals surface area contributed by atoms with Crippen LogP contribution in [0.2, 0.25) is 5.02 Å². The molecule has 2 fully saturated rings. The van der Waals surface area contributed by atoms with Crippen LogP contribution < -0.4 is 4.90 Å². The highest BCUT2D eigenvalue weighted by molar-refractivity contribution is 6.36. The summed E-state index contributed by atoms with van der Waals surface area (Å²) in [4.78, 5) is 50.5. The van der Waals surface area contributed by atoms with Crippen molar-refractivity contribution in [3.63, 3.8) is 0 Å². The van der Waals surface area contributed by atoms with Crippen molar-refractivity contribution in [2.24, 2.45) is 11.8 Å². The van der Waals surface area contributed by atoms with E-state index in [1.165, 1.54) is 6.08 Å². The van der Waals surface area contributed by atoms with Gasteiger partial charge in [-0.15, -0.1) is 0 Å². The van der Waals surface area contributed by atoms with E-state index in [9.17, 15) is 19.2 Å². The Morgan fingerprint density at radius 2 is 1.79 bits per heavy atom. The molecule has 3 aliphatic heterocycles. The average molecular weight is 406 g/mol. The van der Waals surface area contributed by atoms with E-state index in [0.717, 1.165) is 18.7 Å². The maximum absolute atomic E-state index is 13.3. The predicted octanol–water partition coefficient (Wildman–Crippen LogP) is 1.61. The minimum absolute atomic E-state index is 0.246. The van der Waals surface area contributed by atoms with Crippen molar-refractivity contribution >= 4 is 41.0 Å². The molecule has 0 spiro atoms. The number of hydrogen-bond acceptors (Lipinski definition) is 7. The molecule has 3 aliphatic rings. The molecule has 3 heterocycles. The maximum atomic E-state index is 13.3. The Morgan fingerprint density at radius 1 is 1.14 bits per heavy atom. The van der Waals surface area contributed by atoms with Crippen LogP contribution in [0.15, 0.2) is 36.4 Å². The van der Waals surface area contributed by atoms with Crippen molar-refractivity contribution in [3.8, 4) is 0 Å². The van der Waals surface area contributed by atoms with Crippen LogP contribution in [-0.2, 0) is 33.4 Å². The largest absolute Gasteiger partial charge is 0.422 e. The zero-order chi connectivity index (χ0) is 20.2. The quantitative estimate of drug-likeness (QED) is 0.324. The number of para-hydroxylation sites is 1. The molecule has 4 atom stereocenters. The highest BCUT2D eigenvalue weighted by Crippen LogP contribution is 2.55. The molecule has 146 valence electrons. The fourth-order valence-electron chi connectivity index (χ4n) is 4.09. The van der Waals surface area contributed by atoms with E-state index in [4.69, 9.17) is 25.8 Å². The van der Waals surface area contributed by atoms with Gasteiger partial charge in [0.25, 0.3) is 6.29 Å². The van der Waals surface area contributed by atoms with Crippen molar-refractivity contribution < 1.29 is 33.4 Å². The molecule has 0 radical (unpaired) electrons. The molecule has 9 heteroatoms. The summed E-state index contributed by atoms with van der Waals surface area (Å²) in [5.74, 6) is -4.31. The normalized spacial score (nSPS) is 30.1. The lowest BCUT2D eigenvalue weighted by Gasteiger charge is -2.34. The molecule has 1 aromatic carbocycles. The van der Waals surface area contributed by atoms with Crippen LogP contribution in [0, 0.1) is 11.8 Å². The molecule has 0 N–H and O–H groups in total. The summed E-state index contributed by atoms with van der Waals surface area (Å²) in [5, 5.41) is 0.246. The molecule has 4 rings (SSSR count). The number of rotatable bonds is 4. The second-order valence-corrected chi connectivity index (χ2v) is 7.22. The van der Waals surface area contributed by atoms with E-state index in [1.807, 2.05) is 0 Å². The zero-order valence-electron chi connectivity index (χ0n) is 15.0. The van der Waals surface area contributed by atoms with Gasteiger partial charge in [0.2, 0.25) is 11.8 Å². The lowest BCUT2D eigenvalue weighted by molar-refractivity contribution is -0.226. The molecule has 0 aliphatic carbocycles. The number of anilines is 1. The summed E-state index contributed by atoms with van der Waals surface area (Å²) in [5.41, 5.74) is -1.31. The predicted molar refractivity (Wildman–Crippen MR) is 95.0 cm³/mol. The molecule has 28 heavy (non-hydrogen) atoms. The summed E-state index contributed by atoms with van der Waals surface area (Å²) >= 11 is 6.18. The summed E-state index contributed by atoms with van der Waals surface area (Å²) in [7, 11) is 0. The van der Waals surface area contributed by atoms with Crippen molar-refractivity contribution in [3.05, 3.63) is 41.4 Å². The number of esters is 2. The number of halogens is 1. The number of imide groups is 1. The second-order valence-electron chi connectivity index (χ2n) is 6.81. The summed E-state index contributed by atoms with van der Waals surface area (Å²) in [6, 6.07) is 6.49. The van der Waals surface area contributed by atoms with Crippen molar-refractivity contribution in [2.75, 3.05) is 4.90 Å². The van der Waals surface area contributed by atoms with Crippen molar-refractivity contribution in [1.29, 1.82) is 0 Å². The molecule has 2 bridgehead atoms. The molecule has 0 saturated carbocycles. The van der Waals surface area contributed by atoms with Gasteiger partial charge in [-0.05, 0) is 18.2 Å². The maximum Gasteiger partial charge on any atom is 0.305 e. The van der Waals surface area contributed by atoms with Crippen molar-refractivity contribution in [1.82, 2.24) is 0 Å². The van der Waals surface area contributed by atoms with Gasteiger partial charge < -0.3 is 14.2 Å².